The third-order valence-electron chi connectivity index (χ3n) is 4.70. The summed E-state index contributed by atoms with van der Waals surface area (Å²) in [6.45, 7) is 3.52. The minimum Gasteiger partial charge on any atom is -0.351 e. The summed E-state index contributed by atoms with van der Waals surface area (Å²) in [6.07, 6.45) is -10.00. The number of hydrogen-bond donors (Lipinski definition) is 3. The molecular formula is C23H19F6N3O2. The molecule has 34 heavy (non-hydrogen) atoms. The highest BCUT2D eigenvalue weighted by Gasteiger charge is 2.41. The maximum absolute atomic E-state index is 13.3. The molecule has 2 amide bonds. The number of carbonyl (C=O) groups is 2. The average Bonchev–Trinajstić information content (AvgIpc) is 3.20. The van der Waals surface area contributed by atoms with E-state index in [4.69, 9.17) is 0 Å². The van der Waals surface area contributed by atoms with Crippen LogP contribution in [-0.4, -0.2) is 22.8 Å². The van der Waals surface area contributed by atoms with Gasteiger partial charge in [-0.3, -0.25) is 9.59 Å². The van der Waals surface area contributed by atoms with Crippen molar-refractivity contribution in [3.63, 3.8) is 0 Å². The molecule has 0 radical (unpaired) electrons. The predicted octanol–water partition coefficient (Wildman–Crippen LogP) is 6.11. The minimum atomic E-state index is -5.01. The van der Waals surface area contributed by atoms with Crippen LogP contribution in [0.25, 0.3) is 11.3 Å². The van der Waals surface area contributed by atoms with E-state index in [1.54, 1.807) is 31.0 Å². The highest BCUT2D eigenvalue weighted by atomic mass is 19.4. The van der Waals surface area contributed by atoms with Gasteiger partial charge in [-0.2, -0.15) is 26.3 Å². The van der Waals surface area contributed by atoms with E-state index in [9.17, 15) is 35.9 Å². The number of alkyl halides is 6. The van der Waals surface area contributed by atoms with E-state index in [0.717, 1.165) is 12.1 Å². The number of amides is 2. The van der Waals surface area contributed by atoms with E-state index in [0.29, 0.717) is 0 Å². The Kier molecular flexibility index (Phi) is 6.76. The molecule has 1 aromatic heterocycles. The van der Waals surface area contributed by atoms with Crippen LogP contribution in [0.1, 0.15) is 45.8 Å². The molecular weight excluding hydrogens is 464 g/mol. The fourth-order valence-electron chi connectivity index (χ4n) is 3.20. The second-order valence-corrected chi connectivity index (χ2v) is 7.67. The molecule has 0 atom stereocenters. The first-order valence-electron chi connectivity index (χ1n) is 9.96. The molecule has 3 aromatic rings. The summed E-state index contributed by atoms with van der Waals surface area (Å²) in [7, 11) is 0. The molecule has 0 aliphatic carbocycles. The van der Waals surface area contributed by atoms with E-state index >= 15 is 0 Å². The number of benzene rings is 2. The van der Waals surface area contributed by atoms with Crippen molar-refractivity contribution >= 4 is 17.5 Å². The molecule has 2 aromatic carbocycles. The molecule has 11 heteroatoms. The average molecular weight is 483 g/mol. The van der Waals surface area contributed by atoms with Crippen molar-refractivity contribution in [1.82, 2.24) is 10.3 Å². The molecule has 5 nitrogen and oxygen atoms in total. The summed E-state index contributed by atoms with van der Waals surface area (Å²) in [4.78, 5) is 26.9. The molecule has 0 saturated heterocycles. The summed E-state index contributed by atoms with van der Waals surface area (Å²) < 4.78 is 78.7. The van der Waals surface area contributed by atoms with Crippen molar-refractivity contribution in [1.29, 1.82) is 0 Å². The fourth-order valence-corrected chi connectivity index (χ4v) is 3.20. The van der Waals surface area contributed by atoms with Crippen LogP contribution in [0, 0.1) is 0 Å². The Hall–Kier alpha value is -3.76. The Balaban J connectivity index is 1.87. The van der Waals surface area contributed by atoms with Gasteiger partial charge in [0.2, 0.25) is 0 Å². The van der Waals surface area contributed by atoms with Crippen molar-refractivity contribution in [2.24, 2.45) is 0 Å². The van der Waals surface area contributed by atoms with E-state index in [-0.39, 0.29) is 34.5 Å². The van der Waals surface area contributed by atoms with E-state index < -0.39 is 41.1 Å². The zero-order chi connectivity index (χ0) is 25.3. The van der Waals surface area contributed by atoms with Crippen molar-refractivity contribution in [2.75, 3.05) is 5.32 Å². The first kappa shape index (κ1) is 24.9. The molecule has 0 fully saturated rings. The molecule has 0 bridgehead atoms. The van der Waals surface area contributed by atoms with Gasteiger partial charge in [0.1, 0.15) is 5.69 Å². The number of aromatic amines is 1. The lowest BCUT2D eigenvalue weighted by molar-refractivity contribution is -0.142. The lowest BCUT2D eigenvalue weighted by Gasteiger charge is -2.13. The van der Waals surface area contributed by atoms with Crippen molar-refractivity contribution in [2.45, 2.75) is 32.2 Å². The molecule has 180 valence electrons. The monoisotopic (exact) mass is 483 g/mol. The van der Waals surface area contributed by atoms with Crippen LogP contribution < -0.4 is 10.6 Å². The second-order valence-electron chi connectivity index (χ2n) is 7.67. The molecule has 1 heterocycles. The first-order valence-corrected chi connectivity index (χ1v) is 9.96. The number of H-pyrrole nitrogens is 1. The van der Waals surface area contributed by atoms with Gasteiger partial charge in [0.15, 0.2) is 0 Å². The Morgan fingerprint density at radius 3 is 1.88 bits per heavy atom. The van der Waals surface area contributed by atoms with Crippen LogP contribution >= 0.6 is 0 Å². The molecule has 0 unspecified atom stereocenters. The van der Waals surface area contributed by atoms with E-state index in [1.165, 1.54) is 24.3 Å². The molecule has 0 spiro atoms. The van der Waals surface area contributed by atoms with Gasteiger partial charge in [-0.1, -0.05) is 24.3 Å². The number of anilines is 1. The van der Waals surface area contributed by atoms with Crippen LogP contribution in [0.2, 0.25) is 0 Å². The lowest BCUT2D eigenvalue weighted by atomic mass is 10.0. The summed E-state index contributed by atoms with van der Waals surface area (Å²) in [5.74, 6) is -1.10. The van der Waals surface area contributed by atoms with Gasteiger partial charge in [0.25, 0.3) is 11.8 Å². The number of carbonyl (C=O) groups excluding carboxylic acids is 2. The Labute approximate surface area is 190 Å². The Morgan fingerprint density at radius 1 is 0.824 bits per heavy atom. The molecule has 3 rings (SSSR count). The van der Waals surface area contributed by atoms with Crippen LogP contribution in [0.4, 0.5) is 32.0 Å². The first-order chi connectivity index (χ1) is 15.8. The number of aromatic nitrogens is 1. The lowest BCUT2D eigenvalue weighted by Crippen LogP contribution is -2.31. The number of hydrogen-bond acceptors (Lipinski definition) is 2. The fraction of sp³-hybridized carbons (Fsp3) is 0.217. The van der Waals surface area contributed by atoms with Gasteiger partial charge in [-0.05, 0) is 49.7 Å². The second kappa shape index (κ2) is 9.24. The number of nitrogens with one attached hydrogen (secondary N) is 3. The van der Waals surface area contributed by atoms with Crippen LogP contribution in [-0.2, 0) is 12.4 Å². The Morgan fingerprint density at radius 2 is 1.38 bits per heavy atom. The van der Waals surface area contributed by atoms with Crippen molar-refractivity contribution in [3.05, 3.63) is 77.0 Å². The zero-order valence-electron chi connectivity index (χ0n) is 17.9. The summed E-state index contributed by atoms with van der Waals surface area (Å²) in [6, 6.07) is 10.7. The number of rotatable bonds is 5. The van der Waals surface area contributed by atoms with Crippen LogP contribution in [0.5, 0.6) is 0 Å². The van der Waals surface area contributed by atoms with Gasteiger partial charge in [-0.15, -0.1) is 0 Å². The highest BCUT2D eigenvalue weighted by Crippen LogP contribution is 2.41. The van der Waals surface area contributed by atoms with Gasteiger partial charge in [0, 0.05) is 11.7 Å². The predicted molar refractivity (Wildman–Crippen MR) is 113 cm³/mol. The van der Waals surface area contributed by atoms with Crippen LogP contribution in [0.3, 0.4) is 0 Å². The minimum absolute atomic E-state index is 0.0180. The summed E-state index contributed by atoms with van der Waals surface area (Å²) >= 11 is 0. The highest BCUT2D eigenvalue weighted by molar-refractivity contribution is 6.12. The smallest absolute Gasteiger partial charge is 0.351 e. The molecule has 0 saturated carbocycles. The van der Waals surface area contributed by atoms with E-state index in [2.05, 4.69) is 10.6 Å². The normalized spacial score (nSPS) is 12.0. The van der Waals surface area contributed by atoms with Crippen molar-refractivity contribution < 1.29 is 35.9 Å². The topological polar surface area (TPSA) is 74.0 Å². The maximum atomic E-state index is 13.3. The summed E-state index contributed by atoms with van der Waals surface area (Å²) in [5.41, 5.74) is -3.51. The summed E-state index contributed by atoms with van der Waals surface area (Å²) in [5, 5.41) is 5.21. The maximum Gasteiger partial charge on any atom is 0.431 e. The third-order valence-corrected chi connectivity index (χ3v) is 4.70. The largest absolute Gasteiger partial charge is 0.431 e. The van der Waals surface area contributed by atoms with Gasteiger partial charge in [0.05, 0.1) is 22.4 Å². The van der Waals surface area contributed by atoms with Gasteiger partial charge in [-0.25, -0.2) is 0 Å². The van der Waals surface area contributed by atoms with Gasteiger partial charge >= 0.3 is 12.4 Å². The molecule has 3 N–H and O–H groups in total. The quantitative estimate of drug-likeness (QED) is 0.383. The number of halogens is 6. The SMILES string of the molecule is CC(C)NC(=O)c1ccccc1C(=O)Nc1ccc(-c2[nH]c(C(F)(F)F)cc2C(F)(F)F)cc1. The molecule has 0 aliphatic heterocycles. The zero-order valence-corrected chi connectivity index (χ0v) is 17.9. The molecule has 0 aliphatic rings. The van der Waals surface area contributed by atoms with Crippen LogP contribution in [0.15, 0.2) is 54.6 Å². The standard InChI is InChI=1S/C23H19F6N3O2/c1-12(2)30-20(33)15-5-3-4-6-16(15)21(34)31-14-9-7-13(8-10-14)19-17(22(24,25)26)11-18(32-19)23(27,28)29/h3-12,32H,1-2H3,(H,30,33)(H,31,34). The van der Waals surface area contributed by atoms with E-state index in [1.807, 2.05) is 0 Å². The Bertz CT molecular complexity index is 1190. The van der Waals surface area contributed by atoms with Crippen molar-refractivity contribution in [3.8, 4) is 11.3 Å². The van der Waals surface area contributed by atoms with Gasteiger partial charge < -0.3 is 15.6 Å². The third kappa shape index (κ3) is 5.59.